The van der Waals surface area contributed by atoms with Gasteiger partial charge in [0, 0.05) is 12.3 Å². The van der Waals surface area contributed by atoms with Gasteiger partial charge in [-0.25, -0.2) is 0 Å². The van der Waals surface area contributed by atoms with Crippen LogP contribution >= 0.6 is 11.8 Å². The average Bonchev–Trinajstić information content (AvgIpc) is 2.33. The van der Waals surface area contributed by atoms with Gasteiger partial charge in [0.1, 0.15) is 0 Å². The van der Waals surface area contributed by atoms with Gasteiger partial charge in [0.25, 0.3) is 0 Å². The Labute approximate surface area is 60.8 Å². The van der Waals surface area contributed by atoms with Gasteiger partial charge < -0.3 is 0 Å². The molecule has 1 atom stereocenters. The molecule has 2 fully saturated rings. The summed E-state index contributed by atoms with van der Waals surface area (Å²) in [6, 6.07) is 0. The number of nitrogens with zero attached hydrogens (tertiary/aromatic N) is 1. The summed E-state index contributed by atoms with van der Waals surface area (Å²) in [6.07, 6.45) is 4.36. The molecule has 0 radical (unpaired) electrons. The third-order valence-corrected chi connectivity index (χ3v) is 3.58. The minimum atomic E-state index is 0.916. The lowest BCUT2D eigenvalue weighted by Crippen LogP contribution is -2.32. The lowest BCUT2D eigenvalue weighted by Gasteiger charge is -2.27. The summed E-state index contributed by atoms with van der Waals surface area (Å²) >= 11 is 2.15. The van der Waals surface area contributed by atoms with E-state index in [0.29, 0.717) is 0 Å². The van der Waals surface area contributed by atoms with Crippen LogP contribution in [0.25, 0.3) is 0 Å². The highest BCUT2D eigenvalue weighted by Gasteiger charge is 2.26. The number of piperidine rings is 1. The van der Waals surface area contributed by atoms with E-state index < -0.39 is 0 Å². The molecule has 2 aliphatic rings. The molecule has 2 rings (SSSR count). The van der Waals surface area contributed by atoms with Gasteiger partial charge in [0.05, 0.1) is 5.37 Å². The second-order valence-corrected chi connectivity index (χ2v) is 4.14. The molecule has 9 heavy (non-hydrogen) atoms. The van der Waals surface area contributed by atoms with Crippen LogP contribution < -0.4 is 0 Å². The van der Waals surface area contributed by atoms with Crippen molar-refractivity contribution in [1.29, 1.82) is 0 Å². The predicted octanol–water partition coefficient (Wildman–Crippen LogP) is 1.55. The molecule has 0 aromatic carbocycles. The Morgan fingerprint density at radius 3 is 3.11 bits per heavy atom. The van der Waals surface area contributed by atoms with E-state index >= 15 is 0 Å². The first-order chi connectivity index (χ1) is 4.47. The van der Waals surface area contributed by atoms with Crippen LogP contribution in [0.15, 0.2) is 0 Å². The zero-order valence-electron chi connectivity index (χ0n) is 5.68. The Morgan fingerprint density at radius 1 is 1.22 bits per heavy atom. The van der Waals surface area contributed by atoms with Gasteiger partial charge in [-0.3, -0.25) is 4.90 Å². The monoisotopic (exact) mass is 143 g/mol. The third-order valence-electron chi connectivity index (χ3n) is 2.24. The Hall–Kier alpha value is 0.310. The molecule has 0 aromatic heterocycles. The Kier molecular flexibility index (Phi) is 1.68. The van der Waals surface area contributed by atoms with Crippen molar-refractivity contribution in [2.45, 2.75) is 24.6 Å². The molecule has 0 aliphatic carbocycles. The average molecular weight is 143 g/mol. The summed E-state index contributed by atoms with van der Waals surface area (Å²) in [4.78, 5) is 2.63. The van der Waals surface area contributed by atoms with Crippen molar-refractivity contribution >= 4 is 11.8 Å². The van der Waals surface area contributed by atoms with E-state index in [4.69, 9.17) is 0 Å². The smallest absolute Gasteiger partial charge is 0.0557 e. The minimum Gasteiger partial charge on any atom is -0.291 e. The summed E-state index contributed by atoms with van der Waals surface area (Å²) < 4.78 is 0. The molecule has 2 aliphatic heterocycles. The lowest BCUT2D eigenvalue weighted by molar-refractivity contribution is 0.232. The summed E-state index contributed by atoms with van der Waals surface area (Å²) in [6.45, 7) is 2.73. The zero-order valence-corrected chi connectivity index (χ0v) is 6.49. The van der Waals surface area contributed by atoms with Crippen LogP contribution in [-0.2, 0) is 0 Å². The van der Waals surface area contributed by atoms with Crippen molar-refractivity contribution in [3.63, 3.8) is 0 Å². The molecule has 0 bridgehead atoms. The number of hydrogen-bond donors (Lipinski definition) is 0. The molecule has 0 N–H and O–H groups in total. The van der Waals surface area contributed by atoms with E-state index in [9.17, 15) is 0 Å². The highest BCUT2D eigenvalue weighted by molar-refractivity contribution is 8.00. The molecule has 0 saturated carbocycles. The maximum absolute atomic E-state index is 2.63. The van der Waals surface area contributed by atoms with Crippen LogP contribution in [-0.4, -0.2) is 29.1 Å². The van der Waals surface area contributed by atoms with Gasteiger partial charge >= 0.3 is 0 Å². The quantitative estimate of drug-likeness (QED) is 0.506. The van der Waals surface area contributed by atoms with Gasteiger partial charge in [0.2, 0.25) is 0 Å². The fourth-order valence-corrected chi connectivity index (χ4v) is 3.08. The molecule has 0 aromatic rings. The molecular formula is C7H13NS. The number of fused-ring (bicyclic) bond motifs is 1. The van der Waals surface area contributed by atoms with Crippen LogP contribution in [0.3, 0.4) is 0 Å². The minimum absolute atomic E-state index is 0.916. The molecular weight excluding hydrogens is 130 g/mol. The Morgan fingerprint density at radius 2 is 2.22 bits per heavy atom. The first-order valence-corrected chi connectivity index (χ1v) is 4.87. The van der Waals surface area contributed by atoms with Crippen molar-refractivity contribution in [1.82, 2.24) is 4.90 Å². The van der Waals surface area contributed by atoms with Crippen LogP contribution in [0, 0.1) is 0 Å². The maximum Gasteiger partial charge on any atom is 0.0557 e. The maximum atomic E-state index is 2.63. The molecule has 2 saturated heterocycles. The normalized spacial score (nSPS) is 36.7. The van der Waals surface area contributed by atoms with E-state index in [0.717, 1.165) is 5.37 Å². The van der Waals surface area contributed by atoms with Crippen LogP contribution in [0.2, 0.25) is 0 Å². The number of rotatable bonds is 0. The summed E-state index contributed by atoms with van der Waals surface area (Å²) in [5.41, 5.74) is 0. The summed E-state index contributed by atoms with van der Waals surface area (Å²) in [5.74, 6) is 1.38. The van der Waals surface area contributed by atoms with E-state index in [2.05, 4.69) is 16.7 Å². The van der Waals surface area contributed by atoms with Gasteiger partial charge in [-0.15, -0.1) is 11.8 Å². The zero-order chi connectivity index (χ0) is 6.10. The summed E-state index contributed by atoms with van der Waals surface area (Å²) in [5, 5.41) is 0.916. The second-order valence-electron chi connectivity index (χ2n) is 2.86. The first kappa shape index (κ1) is 6.05. The first-order valence-electron chi connectivity index (χ1n) is 3.82. The Bertz CT molecular complexity index is 93.1. The van der Waals surface area contributed by atoms with Gasteiger partial charge in [-0.2, -0.15) is 0 Å². The third kappa shape index (κ3) is 1.10. The largest absolute Gasteiger partial charge is 0.291 e. The number of hydrogen-bond acceptors (Lipinski definition) is 2. The molecule has 52 valence electrons. The molecule has 2 heterocycles. The molecule has 0 amide bonds. The van der Waals surface area contributed by atoms with Crippen molar-refractivity contribution < 1.29 is 0 Å². The molecule has 1 nitrogen and oxygen atoms in total. The Balaban J connectivity index is 1.97. The van der Waals surface area contributed by atoms with E-state index in [-0.39, 0.29) is 0 Å². The van der Waals surface area contributed by atoms with Crippen molar-refractivity contribution in [3.05, 3.63) is 0 Å². The predicted molar refractivity (Wildman–Crippen MR) is 41.7 cm³/mol. The SMILES string of the molecule is C1CCN2CCSC2C1. The highest BCUT2D eigenvalue weighted by Crippen LogP contribution is 2.31. The second kappa shape index (κ2) is 2.51. The van der Waals surface area contributed by atoms with Crippen LogP contribution in [0.4, 0.5) is 0 Å². The van der Waals surface area contributed by atoms with Crippen molar-refractivity contribution in [2.75, 3.05) is 18.8 Å². The van der Waals surface area contributed by atoms with E-state index in [1.54, 1.807) is 0 Å². The van der Waals surface area contributed by atoms with Gasteiger partial charge in [-0.05, 0) is 25.8 Å². The highest BCUT2D eigenvalue weighted by atomic mass is 32.2. The van der Waals surface area contributed by atoms with Crippen molar-refractivity contribution in [2.24, 2.45) is 0 Å². The van der Waals surface area contributed by atoms with Gasteiger partial charge in [-0.1, -0.05) is 0 Å². The van der Waals surface area contributed by atoms with E-state index in [1.807, 2.05) is 0 Å². The lowest BCUT2D eigenvalue weighted by atomic mass is 10.1. The van der Waals surface area contributed by atoms with Crippen LogP contribution in [0.1, 0.15) is 19.3 Å². The fourth-order valence-electron chi connectivity index (χ4n) is 1.71. The topological polar surface area (TPSA) is 3.24 Å². The molecule has 0 spiro atoms. The standard InChI is InChI=1S/C7H13NS/c1-2-4-8-5-6-9-7(8)3-1/h7H,1-6H2. The summed E-state index contributed by atoms with van der Waals surface area (Å²) in [7, 11) is 0. The molecule has 1 unspecified atom stereocenters. The van der Waals surface area contributed by atoms with Gasteiger partial charge in [0.15, 0.2) is 0 Å². The number of thioether (sulfide) groups is 1. The molecule has 2 heteroatoms. The fraction of sp³-hybridized carbons (Fsp3) is 1.00. The van der Waals surface area contributed by atoms with Crippen molar-refractivity contribution in [3.8, 4) is 0 Å². The van der Waals surface area contributed by atoms with Crippen LogP contribution in [0.5, 0.6) is 0 Å². The van der Waals surface area contributed by atoms with E-state index in [1.165, 1.54) is 38.1 Å².